The first-order chi connectivity index (χ1) is 13.2. The van der Waals surface area contributed by atoms with Crippen LogP contribution in [0.4, 0.5) is 5.13 Å². The molecule has 7 heteroatoms. The van der Waals surface area contributed by atoms with Gasteiger partial charge in [0.25, 0.3) is 5.91 Å². The van der Waals surface area contributed by atoms with Gasteiger partial charge in [-0.2, -0.15) is 0 Å². The molecule has 1 aliphatic rings. The minimum atomic E-state index is -0.139. The predicted octanol–water partition coefficient (Wildman–Crippen LogP) is 5.50. The third-order valence-electron chi connectivity index (χ3n) is 4.57. The molecule has 4 nitrogen and oxygen atoms in total. The Labute approximate surface area is 171 Å². The van der Waals surface area contributed by atoms with E-state index < -0.39 is 0 Å². The Morgan fingerprint density at radius 3 is 2.96 bits per heavy atom. The molecule has 0 saturated carbocycles. The summed E-state index contributed by atoms with van der Waals surface area (Å²) in [4.78, 5) is 20.9. The predicted molar refractivity (Wildman–Crippen MR) is 114 cm³/mol. The highest BCUT2D eigenvalue weighted by Gasteiger charge is 2.28. The summed E-state index contributed by atoms with van der Waals surface area (Å²) in [7, 11) is 0. The topological polar surface area (TPSA) is 42.4 Å². The fourth-order valence-corrected chi connectivity index (χ4v) is 4.90. The molecular weight excluding hydrogens is 400 g/mol. The zero-order valence-corrected chi connectivity index (χ0v) is 17.2. The number of ether oxygens (including phenoxy) is 1. The molecular formula is C20H19ClN2O2S2. The Morgan fingerprint density at radius 1 is 1.37 bits per heavy atom. The molecule has 0 spiro atoms. The van der Waals surface area contributed by atoms with Crippen molar-refractivity contribution >= 4 is 56.0 Å². The van der Waals surface area contributed by atoms with Crippen LogP contribution < -0.4 is 4.90 Å². The van der Waals surface area contributed by atoms with Crippen molar-refractivity contribution in [2.75, 3.05) is 24.3 Å². The molecule has 0 bridgehead atoms. The first kappa shape index (κ1) is 18.7. The van der Waals surface area contributed by atoms with Crippen LogP contribution >= 0.6 is 34.7 Å². The lowest BCUT2D eigenvalue weighted by Crippen LogP contribution is -2.37. The summed E-state index contributed by atoms with van der Waals surface area (Å²) in [5, 5.41) is 1.13. The maximum atomic E-state index is 13.3. The van der Waals surface area contributed by atoms with E-state index in [1.54, 1.807) is 28.8 Å². The van der Waals surface area contributed by atoms with Gasteiger partial charge in [0.05, 0.1) is 33.5 Å². The molecule has 3 aromatic rings. The summed E-state index contributed by atoms with van der Waals surface area (Å²) in [6.45, 7) is 1.23. The lowest BCUT2D eigenvalue weighted by atomic mass is 10.1. The number of benzene rings is 2. The van der Waals surface area contributed by atoms with Gasteiger partial charge in [-0.25, -0.2) is 4.98 Å². The smallest absolute Gasteiger partial charge is 0.261 e. The van der Waals surface area contributed by atoms with Gasteiger partial charge in [0, 0.05) is 11.5 Å². The molecule has 0 aliphatic carbocycles. The van der Waals surface area contributed by atoms with Crippen LogP contribution in [0.25, 0.3) is 10.2 Å². The summed E-state index contributed by atoms with van der Waals surface area (Å²) in [5.41, 5.74) is 1.39. The monoisotopic (exact) mass is 418 g/mol. The Kier molecular flexibility index (Phi) is 5.68. The molecule has 0 N–H and O–H groups in total. The van der Waals surface area contributed by atoms with Gasteiger partial charge in [0.2, 0.25) is 0 Å². The van der Waals surface area contributed by atoms with E-state index in [1.165, 1.54) is 16.2 Å². The van der Waals surface area contributed by atoms with Crippen molar-refractivity contribution in [1.29, 1.82) is 0 Å². The number of fused-ring (bicyclic) bond motifs is 1. The van der Waals surface area contributed by atoms with Gasteiger partial charge in [0.1, 0.15) is 0 Å². The molecule has 140 valence electrons. The second-order valence-corrected chi connectivity index (χ2v) is 8.66. The van der Waals surface area contributed by atoms with Crippen LogP contribution in [0.15, 0.2) is 47.4 Å². The SMILES string of the molecule is CSc1ccc2nc(N(CC3CCCO3)C(=O)c3ccccc3Cl)sc2c1. The largest absolute Gasteiger partial charge is 0.376 e. The molecule has 1 fully saturated rings. The lowest BCUT2D eigenvalue weighted by Gasteiger charge is -2.23. The number of anilines is 1. The number of carbonyl (C=O) groups excluding carboxylic acids is 1. The molecule has 4 rings (SSSR count). The first-order valence-corrected chi connectivity index (χ1v) is 11.2. The van der Waals surface area contributed by atoms with E-state index in [4.69, 9.17) is 21.3 Å². The standard InChI is InChI=1S/C20H19ClN2O2S2/c1-26-14-8-9-17-18(11-14)27-20(22-17)23(12-13-5-4-10-25-13)19(24)15-6-2-3-7-16(15)21/h2-3,6-9,11,13H,4-5,10,12H2,1H3. The average Bonchev–Trinajstić information content (AvgIpc) is 3.34. The van der Waals surface area contributed by atoms with Crippen molar-refractivity contribution in [3.8, 4) is 0 Å². The highest BCUT2D eigenvalue weighted by Crippen LogP contribution is 2.33. The number of aromatic nitrogens is 1. The van der Waals surface area contributed by atoms with Crippen molar-refractivity contribution in [2.24, 2.45) is 0 Å². The number of halogens is 1. The van der Waals surface area contributed by atoms with E-state index in [2.05, 4.69) is 12.1 Å². The molecule has 1 unspecified atom stereocenters. The molecule has 2 heterocycles. The number of amides is 1. The fraction of sp³-hybridized carbons (Fsp3) is 0.300. The Balaban J connectivity index is 1.73. The number of hydrogen-bond acceptors (Lipinski definition) is 5. The van der Waals surface area contributed by atoms with E-state index in [1.807, 2.05) is 24.5 Å². The van der Waals surface area contributed by atoms with E-state index in [9.17, 15) is 4.79 Å². The summed E-state index contributed by atoms with van der Waals surface area (Å²) < 4.78 is 6.85. The first-order valence-electron chi connectivity index (χ1n) is 8.78. The van der Waals surface area contributed by atoms with E-state index in [0.717, 1.165) is 29.7 Å². The summed E-state index contributed by atoms with van der Waals surface area (Å²) in [5.74, 6) is -0.139. The van der Waals surface area contributed by atoms with Gasteiger partial charge in [-0.15, -0.1) is 11.8 Å². The van der Waals surface area contributed by atoms with E-state index >= 15 is 0 Å². The Hall–Kier alpha value is -1.60. The van der Waals surface area contributed by atoms with Crippen molar-refractivity contribution in [3.63, 3.8) is 0 Å². The molecule has 27 heavy (non-hydrogen) atoms. The van der Waals surface area contributed by atoms with Gasteiger partial charge in [-0.05, 0) is 49.4 Å². The number of thiazole rings is 1. The minimum absolute atomic E-state index is 0.0326. The molecule has 1 amide bonds. The van der Waals surface area contributed by atoms with Gasteiger partial charge in [-0.1, -0.05) is 35.1 Å². The number of hydrogen-bond donors (Lipinski definition) is 0. The molecule has 1 saturated heterocycles. The van der Waals surface area contributed by atoms with Crippen molar-refractivity contribution < 1.29 is 9.53 Å². The van der Waals surface area contributed by atoms with Crippen LogP contribution in [0.1, 0.15) is 23.2 Å². The zero-order valence-electron chi connectivity index (χ0n) is 14.9. The van der Waals surface area contributed by atoms with Crippen molar-refractivity contribution in [3.05, 3.63) is 53.1 Å². The third-order valence-corrected chi connectivity index (χ3v) is 6.67. The van der Waals surface area contributed by atoms with Crippen LogP contribution in [0.3, 0.4) is 0 Å². The minimum Gasteiger partial charge on any atom is -0.376 e. The molecule has 2 aromatic carbocycles. The van der Waals surface area contributed by atoms with E-state index in [0.29, 0.717) is 22.3 Å². The van der Waals surface area contributed by atoms with Crippen molar-refractivity contribution in [1.82, 2.24) is 4.98 Å². The Bertz CT molecular complexity index is 970. The van der Waals surface area contributed by atoms with Gasteiger partial charge in [-0.3, -0.25) is 9.69 Å². The van der Waals surface area contributed by atoms with Gasteiger partial charge < -0.3 is 4.74 Å². The van der Waals surface area contributed by atoms with Crippen molar-refractivity contribution in [2.45, 2.75) is 23.8 Å². The second kappa shape index (κ2) is 8.19. The quantitative estimate of drug-likeness (QED) is 0.513. The number of carbonyl (C=O) groups is 1. The molecule has 1 aromatic heterocycles. The zero-order chi connectivity index (χ0) is 18.8. The van der Waals surface area contributed by atoms with Crippen LogP contribution in [0, 0.1) is 0 Å². The van der Waals surface area contributed by atoms with Crippen LogP contribution in [-0.4, -0.2) is 36.4 Å². The maximum absolute atomic E-state index is 13.3. The second-order valence-electron chi connectivity index (χ2n) is 6.36. The molecule has 0 radical (unpaired) electrons. The summed E-state index contributed by atoms with van der Waals surface area (Å²) in [6, 6.07) is 13.3. The van der Waals surface area contributed by atoms with E-state index in [-0.39, 0.29) is 12.0 Å². The lowest BCUT2D eigenvalue weighted by molar-refractivity contribution is 0.0917. The van der Waals surface area contributed by atoms with Crippen LogP contribution in [-0.2, 0) is 4.74 Å². The highest BCUT2D eigenvalue weighted by atomic mass is 35.5. The summed E-state index contributed by atoms with van der Waals surface area (Å²) in [6.07, 6.45) is 4.06. The van der Waals surface area contributed by atoms with Gasteiger partial charge in [0.15, 0.2) is 5.13 Å². The van der Waals surface area contributed by atoms with Gasteiger partial charge >= 0.3 is 0 Å². The van der Waals surface area contributed by atoms with Crippen LogP contribution in [0.5, 0.6) is 0 Å². The third kappa shape index (κ3) is 3.99. The molecule has 1 atom stereocenters. The Morgan fingerprint density at radius 2 is 2.22 bits per heavy atom. The average molecular weight is 419 g/mol. The molecule has 1 aliphatic heterocycles. The number of rotatable bonds is 5. The normalized spacial score (nSPS) is 16.7. The maximum Gasteiger partial charge on any atom is 0.261 e. The summed E-state index contributed by atoms with van der Waals surface area (Å²) >= 11 is 9.51. The van der Waals surface area contributed by atoms with Crippen LogP contribution in [0.2, 0.25) is 5.02 Å². The number of nitrogens with zero attached hydrogens (tertiary/aromatic N) is 2. The number of thioether (sulfide) groups is 1. The fourth-order valence-electron chi connectivity index (χ4n) is 3.16. The highest BCUT2D eigenvalue weighted by molar-refractivity contribution is 7.98.